The fourth-order valence-corrected chi connectivity index (χ4v) is 1.29. The third-order valence-electron chi connectivity index (χ3n) is 0.731. The molecule has 0 aliphatic rings. The van der Waals surface area contributed by atoms with Crippen LogP contribution in [0.1, 0.15) is 6.92 Å². The Morgan fingerprint density at radius 1 is 1.77 bits per heavy atom. The summed E-state index contributed by atoms with van der Waals surface area (Å²) in [5.41, 5.74) is -1.58. The Balaban J connectivity index is 4.09. The van der Waals surface area contributed by atoms with E-state index >= 15 is 0 Å². The average Bonchev–Trinajstić information content (AvgIpc) is 2.00. The van der Waals surface area contributed by atoms with Gasteiger partial charge in [0.15, 0.2) is 0 Å². The fourth-order valence-electron chi connectivity index (χ4n) is 0.342. The van der Waals surface area contributed by atoms with E-state index in [1.165, 1.54) is 6.92 Å². The highest BCUT2D eigenvalue weighted by Crippen LogP contribution is 2.51. The van der Waals surface area contributed by atoms with E-state index in [4.69, 9.17) is 11.6 Å². The van der Waals surface area contributed by atoms with Crippen LogP contribution in [0.15, 0.2) is 5.16 Å². The quantitative estimate of drug-likeness (QED) is 0.328. The summed E-state index contributed by atoms with van der Waals surface area (Å²) >= 11 is 9.76. The number of halogens is 4. The zero-order valence-corrected chi connectivity index (χ0v) is 8.82. The van der Waals surface area contributed by atoms with Gasteiger partial charge < -0.3 is 0 Å². The van der Waals surface area contributed by atoms with Crippen molar-refractivity contribution in [2.24, 2.45) is 5.16 Å². The fraction of sp³-hybridized carbons (Fsp3) is 0.750. The third kappa shape index (κ3) is 7.19. The standard InChI is InChI=1S/C4H6Cl2F2NO3P/c1-3(2-5)11-13(8,10)12-9-4(6)7/h3H,2H2,1H3/b9-4+. The summed E-state index contributed by atoms with van der Waals surface area (Å²) in [5.74, 6) is -0.0929. The second-order valence-corrected chi connectivity index (χ2v) is 3.77. The van der Waals surface area contributed by atoms with Crippen molar-refractivity contribution < 1.29 is 22.3 Å². The van der Waals surface area contributed by atoms with Crippen LogP contribution in [0.4, 0.5) is 8.59 Å². The van der Waals surface area contributed by atoms with E-state index in [2.05, 4.69) is 25.9 Å². The molecule has 0 spiro atoms. The van der Waals surface area contributed by atoms with Crippen LogP contribution in [0, 0.1) is 0 Å². The van der Waals surface area contributed by atoms with Crippen LogP contribution in [-0.4, -0.2) is 17.4 Å². The maximum Gasteiger partial charge on any atom is 0.590 e. The van der Waals surface area contributed by atoms with Crippen molar-refractivity contribution in [2.75, 3.05) is 5.88 Å². The van der Waals surface area contributed by atoms with Gasteiger partial charge in [0.25, 0.3) is 0 Å². The Morgan fingerprint density at radius 2 is 2.31 bits per heavy atom. The Morgan fingerprint density at radius 3 is 2.69 bits per heavy atom. The van der Waals surface area contributed by atoms with Crippen LogP contribution >= 0.6 is 31.1 Å². The number of alkyl halides is 1. The first-order chi connectivity index (χ1) is 5.87. The lowest BCUT2D eigenvalue weighted by Gasteiger charge is -2.10. The van der Waals surface area contributed by atoms with Crippen molar-refractivity contribution in [1.29, 1.82) is 0 Å². The first-order valence-corrected chi connectivity index (χ1v) is 5.34. The van der Waals surface area contributed by atoms with E-state index in [0.717, 1.165) is 0 Å². The molecule has 9 heteroatoms. The molecule has 0 aromatic heterocycles. The summed E-state index contributed by atoms with van der Waals surface area (Å²) < 4.78 is 42.6. The summed E-state index contributed by atoms with van der Waals surface area (Å²) in [5, 5.41) is 2.29. The Hall–Kier alpha value is 0.1000. The second-order valence-electron chi connectivity index (χ2n) is 1.91. The lowest BCUT2D eigenvalue weighted by Crippen LogP contribution is -2.06. The Labute approximate surface area is 83.4 Å². The molecule has 0 amide bonds. The van der Waals surface area contributed by atoms with Crippen molar-refractivity contribution in [3.8, 4) is 0 Å². The van der Waals surface area contributed by atoms with Crippen molar-refractivity contribution in [3.63, 3.8) is 0 Å². The molecule has 2 unspecified atom stereocenters. The van der Waals surface area contributed by atoms with Gasteiger partial charge in [-0.2, -0.15) is 4.39 Å². The highest BCUT2D eigenvalue weighted by atomic mass is 35.5. The number of oxime groups is 1. The molecule has 0 bridgehead atoms. The van der Waals surface area contributed by atoms with Gasteiger partial charge in [-0.05, 0) is 23.7 Å². The molecule has 0 heterocycles. The molecule has 2 atom stereocenters. The van der Waals surface area contributed by atoms with Crippen LogP contribution < -0.4 is 0 Å². The van der Waals surface area contributed by atoms with E-state index in [9.17, 15) is 13.2 Å². The number of hydrogen-bond donors (Lipinski definition) is 0. The van der Waals surface area contributed by atoms with Gasteiger partial charge in [-0.25, -0.2) is 4.57 Å². The summed E-state index contributed by atoms with van der Waals surface area (Å²) in [6.45, 7) is 1.35. The maximum atomic E-state index is 12.6. The summed E-state index contributed by atoms with van der Waals surface area (Å²) in [6, 6.07) is 0. The summed E-state index contributed by atoms with van der Waals surface area (Å²) in [6.07, 6.45) is -0.842. The summed E-state index contributed by atoms with van der Waals surface area (Å²) in [7, 11) is -4.92. The van der Waals surface area contributed by atoms with Gasteiger partial charge in [0.2, 0.25) is 0 Å². The Kier molecular flexibility index (Phi) is 5.80. The average molecular weight is 256 g/mol. The predicted octanol–water partition coefficient (Wildman–Crippen LogP) is 3.20. The van der Waals surface area contributed by atoms with Gasteiger partial charge in [0, 0.05) is 5.88 Å². The van der Waals surface area contributed by atoms with E-state index < -0.39 is 19.4 Å². The van der Waals surface area contributed by atoms with Crippen LogP contribution in [0.2, 0.25) is 0 Å². The minimum atomic E-state index is -4.92. The SMILES string of the molecule is CC(CCl)OP(=O)(F)O/N=C(/F)Cl. The molecule has 4 nitrogen and oxygen atoms in total. The number of hydrogen-bond acceptors (Lipinski definition) is 4. The molecule has 78 valence electrons. The van der Waals surface area contributed by atoms with Crippen LogP contribution in [-0.2, 0) is 13.7 Å². The van der Waals surface area contributed by atoms with Crippen LogP contribution in [0.25, 0.3) is 0 Å². The van der Waals surface area contributed by atoms with Gasteiger partial charge >= 0.3 is 13.3 Å². The molecule has 0 aliphatic carbocycles. The highest BCUT2D eigenvalue weighted by Gasteiger charge is 2.29. The van der Waals surface area contributed by atoms with E-state index in [1.54, 1.807) is 0 Å². The molecule has 0 aromatic carbocycles. The van der Waals surface area contributed by atoms with Crippen molar-refractivity contribution in [3.05, 3.63) is 0 Å². The van der Waals surface area contributed by atoms with Gasteiger partial charge in [0.05, 0.1) is 6.10 Å². The molecule has 0 radical (unpaired) electrons. The highest BCUT2D eigenvalue weighted by molar-refractivity contribution is 7.48. The van der Waals surface area contributed by atoms with Gasteiger partial charge in [-0.3, -0.25) is 9.15 Å². The van der Waals surface area contributed by atoms with Crippen LogP contribution in [0.3, 0.4) is 0 Å². The molecular formula is C4H6Cl2F2NO3P. The molecule has 0 aromatic rings. The predicted molar refractivity (Wildman–Crippen MR) is 45.5 cm³/mol. The monoisotopic (exact) mass is 255 g/mol. The number of nitrogens with zero attached hydrogens (tertiary/aromatic N) is 1. The zero-order chi connectivity index (χ0) is 10.5. The smallest absolute Gasteiger partial charge is 0.285 e. The van der Waals surface area contributed by atoms with E-state index in [-0.39, 0.29) is 5.88 Å². The first-order valence-electron chi connectivity index (χ1n) is 2.99. The first kappa shape index (κ1) is 13.1. The number of rotatable bonds is 5. The topological polar surface area (TPSA) is 47.9 Å². The normalized spacial score (nSPS) is 19.3. The van der Waals surface area contributed by atoms with E-state index in [1.807, 2.05) is 0 Å². The largest absolute Gasteiger partial charge is 0.590 e. The molecule has 0 fully saturated rings. The van der Waals surface area contributed by atoms with Crippen molar-refractivity contribution in [1.82, 2.24) is 0 Å². The van der Waals surface area contributed by atoms with Gasteiger partial charge in [-0.1, -0.05) is 0 Å². The lowest BCUT2D eigenvalue weighted by atomic mass is 10.5. The second kappa shape index (κ2) is 5.75. The Bertz CT molecular complexity index is 235. The van der Waals surface area contributed by atoms with Gasteiger partial charge in [-0.15, -0.1) is 15.8 Å². The maximum absolute atomic E-state index is 12.6. The molecule has 0 N–H and O–H groups in total. The summed E-state index contributed by atoms with van der Waals surface area (Å²) in [4.78, 5) is 0. The van der Waals surface area contributed by atoms with E-state index in [0.29, 0.717) is 0 Å². The third-order valence-corrected chi connectivity index (χ3v) is 2.12. The van der Waals surface area contributed by atoms with Crippen molar-refractivity contribution >= 4 is 36.5 Å². The molecular weight excluding hydrogens is 250 g/mol. The molecule has 0 rings (SSSR count). The van der Waals surface area contributed by atoms with Crippen LogP contribution in [0.5, 0.6) is 0 Å². The molecule has 13 heavy (non-hydrogen) atoms. The van der Waals surface area contributed by atoms with Gasteiger partial charge in [0.1, 0.15) is 0 Å². The molecule has 0 aliphatic heterocycles. The minimum absolute atomic E-state index is 0.0929. The molecule has 0 saturated carbocycles. The minimum Gasteiger partial charge on any atom is -0.285 e. The van der Waals surface area contributed by atoms with Crippen molar-refractivity contribution in [2.45, 2.75) is 13.0 Å². The molecule has 0 saturated heterocycles. The zero-order valence-electron chi connectivity index (χ0n) is 6.42. The lowest BCUT2D eigenvalue weighted by molar-refractivity contribution is 0.146.